The number of carbonyl (C=O) groups excluding carboxylic acids is 1. The summed E-state index contributed by atoms with van der Waals surface area (Å²) in [5, 5.41) is -0.467. The number of pyridine rings is 1. The molecule has 0 aliphatic carbocycles. The van der Waals surface area contributed by atoms with Crippen LogP contribution in [-0.2, 0) is 6.18 Å². The Balaban J connectivity index is 2.47. The molecule has 1 aromatic heterocycles. The predicted molar refractivity (Wildman–Crippen MR) is 84.5 cm³/mol. The molecule has 0 spiro atoms. The average molecular weight is 490 g/mol. The van der Waals surface area contributed by atoms with E-state index in [1.807, 2.05) is 22.6 Å². The third kappa shape index (κ3) is 3.75. The summed E-state index contributed by atoms with van der Waals surface area (Å²) in [6.45, 7) is 0. The summed E-state index contributed by atoms with van der Waals surface area (Å²) in [6.07, 6.45) is -4.60. The zero-order valence-corrected chi connectivity index (χ0v) is 14.5. The summed E-state index contributed by atoms with van der Waals surface area (Å²) >= 11 is 10.9. The lowest BCUT2D eigenvalue weighted by Crippen LogP contribution is -2.11. The van der Waals surface area contributed by atoms with Crippen LogP contribution in [0.25, 0.3) is 0 Å². The first-order chi connectivity index (χ1) is 9.70. The molecule has 0 fully saturated rings. The van der Waals surface area contributed by atoms with Crippen molar-refractivity contribution in [3.05, 3.63) is 60.3 Å². The zero-order chi connectivity index (χ0) is 15.8. The monoisotopic (exact) mass is 489 g/mol. The molecule has 0 amide bonds. The van der Waals surface area contributed by atoms with E-state index in [9.17, 15) is 18.0 Å². The van der Waals surface area contributed by atoms with Gasteiger partial charge in [0.2, 0.25) is 0 Å². The Hall–Kier alpha value is -0.670. The predicted octanol–water partition coefficient (Wildman–Crippen LogP) is 5.35. The smallest absolute Gasteiger partial charge is 0.288 e. The molecule has 2 nitrogen and oxygen atoms in total. The Labute approximate surface area is 145 Å². The van der Waals surface area contributed by atoms with Gasteiger partial charge < -0.3 is 0 Å². The highest BCUT2D eigenvalue weighted by Crippen LogP contribution is 2.30. The molecular formula is C13H5BrClF3INO. The van der Waals surface area contributed by atoms with Crippen LogP contribution in [0.2, 0.25) is 5.15 Å². The van der Waals surface area contributed by atoms with E-state index in [1.165, 1.54) is 0 Å². The Morgan fingerprint density at radius 1 is 1.19 bits per heavy atom. The van der Waals surface area contributed by atoms with E-state index in [1.54, 1.807) is 18.2 Å². The van der Waals surface area contributed by atoms with Crippen molar-refractivity contribution in [3.63, 3.8) is 0 Å². The van der Waals surface area contributed by atoms with Crippen LogP contribution in [0.1, 0.15) is 21.6 Å². The fraction of sp³-hybridized carbons (Fsp3) is 0.0769. The van der Waals surface area contributed by atoms with E-state index in [0.29, 0.717) is 13.6 Å². The molecule has 0 aliphatic heterocycles. The second kappa shape index (κ2) is 6.21. The fourth-order valence-electron chi connectivity index (χ4n) is 1.58. The van der Waals surface area contributed by atoms with Crippen LogP contribution >= 0.6 is 50.1 Å². The molecule has 110 valence electrons. The van der Waals surface area contributed by atoms with E-state index in [4.69, 9.17) is 11.6 Å². The quantitative estimate of drug-likeness (QED) is 0.323. The molecule has 0 bridgehead atoms. The Bertz CT molecular complexity index is 721. The highest BCUT2D eigenvalue weighted by Gasteiger charge is 2.33. The van der Waals surface area contributed by atoms with Crippen LogP contribution < -0.4 is 0 Å². The number of carbonyl (C=O) groups is 1. The van der Waals surface area contributed by atoms with Crippen LogP contribution in [0.4, 0.5) is 13.2 Å². The molecule has 0 atom stereocenters. The van der Waals surface area contributed by atoms with Gasteiger partial charge in [0, 0.05) is 13.6 Å². The van der Waals surface area contributed by atoms with Gasteiger partial charge in [-0.25, -0.2) is 4.98 Å². The fourth-order valence-corrected chi connectivity index (χ4v) is 2.76. The van der Waals surface area contributed by atoms with Crippen LogP contribution in [0.3, 0.4) is 0 Å². The molecule has 0 aliphatic rings. The van der Waals surface area contributed by atoms with Crippen molar-refractivity contribution in [2.24, 2.45) is 0 Å². The van der Waals surface area contributed by atoms with Gasteiger partial charge in [-0.05, 0) is 52.9 Å². The van der Waals surface area contributed by atoms with Crippen molar-refractivity contribution >= 4 is 55.9 Å². The average Bonchev–Trinajstić information content (AvgIpc) is 2.39. The minimum Gasteiger partial charge on any atom is -0.288 e. The van der Waals surface area contributed by atoms with Crippen molar-refractivity contribution < 1.29 is 18.0 Å². The maximum absolute atomic E-state index is 12.5. The van der Waals surface area contributed by atoms with E-state index in [2.05, 4.69) is 20.9 Å². The number of rotatable bonds is 2. The summed E-state index contributed by atoms with van der Waals surface area (Å²) in [4.78, 5) is 15.6. The number of aromatic nitrogens is 1. The molecule has 1 aromatic carbocycles. The molecule has 0 unspecified atom stereocenters. The summed E-state index contributed by atoms with van der Waals surface area (Å²) in [6, 6.07) is 6.83. The third-order valence-electron chi connectivity index (χ3n) is 2.56. The van der Waals surface area contributed by atoms with Gasteiger partial charge in [-0.2, -0.15) is 13.2 Å². The largest absolute Gasteiger partial charge is 0.433 e. The topological polar surface area (TPSA) is 30.0 Å². The number of benzene rings is 1. The lowest BCUT2D eigenvalue weighted by molar-refractivity contribution is -0.141. The molecule has 1 heterocycles. The summed E-state index contributed by atoms with van der Waals surface area (Å²) in [5.74, 6) is -0.480. The van der Waals surface area contributed by atoms with Gasteiger partial charge in [-0.1, -0.05) is 27.5 Å². The maximum Gasteiger partial charge on any atom is 0.433 e. The molecular weight excluding hydrogens is 485 g/mol. The molecule has 0 saturated carbocycles. The summed E-state index contributed by atoms with van der Waals surface area (Å²) in [7, 11) is 0. The first kappa shape index (κ1) is 16.7. The minimum absolute atomic E-state index is 0.0688. The zero-order valence-electron chi connectivity index (χ0n) is 10.0. The first-order valence-corrected chi connectivity index (χ1v) is 7.68. The van der Waals surface area contributed by atoms with Crippen molar-refractivity contribution in [2.45, 2.75) is 6.18 Å². The lowest BCUT2D eigenvalue weighted by Gasteiger charge is -2.09. The van der Waals surface area contributed by atoms with Gasteiger partial charge in [-0.15, -0.1) is 0 Å². The maximum atomic E-state index is 12.5. The van der Waals surface area contributed by atoms with Gasteiger partial charge in [-0.3, -0.25) is 4.79 Å². The Morgan fingerprint density at radius 2 is 1.86 bits per heavy atom. The van der Waals surface area contributed by atoms with Crippen LogP contribution in [-0.4, -0.2) is 10.8 Å². The Morgan fingerprint density at radius 3 is 2.43 bits per heavy atom. The number of halogens is 6. The molecule has 21 heavy (non-hydrogen) atoms. The second-order valence-electron chi connectivity index (χ2n) is 3.99. The third-order valence-corrected chi connectivity index (χ3v) is 4.28. The molecule has 0 radical (unpaired) electrons. The second-order valence-corrected chi connectivity index (χ2v) is 6.42. The number of hydrogen-bond acceptors (Lipinski definition) is 2. The number of ketones is 1. The lowest BCUT2D eigenvalue weighted by atomic mass is 10.0. The van der Waals surface area contributed by atoms with E-state index in [0.717, 1.165) is 12.1 Å². The number of nitrogens with zero attached hydrogens (tertiary/aromatic N) is 1. The van der Waals surface area contributed by atoms with Crippen molar-refractivity contribution in [1.29, 1.82) is 0 Å². The van der Waals surface area contributed by atoms with Gasteiger partial charge >= 0.3 is 6.18 Å². The van der Waals surface area contributed by atoms with Crippen molar-refractivity contribution in [3.8, 4) is 0 Å². The van der Waals surface area contributed by atoms with Gasteiger partial charge in [0.05, 0.1) is 5.56 Å². The standard InChI is InChI=1S/C13H5BrClF3INO/c14-6-1-3-9(19)8(5-6)11(21)7-2-4-10(13(16,17)18)20-12(7)15/h1-5H. The van der Waals surface area contributed by atoms with Gasteiger partial charge in [0.1, 0.15) is 10.8 Å². The van der Waals surface area contributed by atoms with Gasteiger partial charge in [0.15, 0.2) is 5.78 Å². The summed E-state index contributed by atoms with van der Waals surface area (Å²) in [5.41, 5.74) is -0.859. The molecule has 0 N–H and O–H groups in total. The first-order valence-electron chi connectivity index (χ1n) is 5.43. The van der Waals surface area contributed by atoms with Crippen LogP contribution in [0.5, 0.6) is 0 Å². The molecule has 2 aromatic rings. The van der Waals surface area contributed by atoms with Crippen LogP contribution in [0, 0.1) is 3.57 Å². The van der Waals surface area contributed by atoms with Crippen molar-refractivity contribution in [2.75, 3.05) is 0 Å². The molecule has 0 saturated heterocycles. The summed E-state index contributed by atoms with van der Waals surface area (Å²) < 4.78 is 38.9. The highest BCUT2D eigenvalue weighted by molar-refractivity contribution is 14.1. The number of alkyl halides is 3. The molecule has 2 rings (SSSR count). The van der Waals surface area contributed by atoms with Crippen molar-refractivity contribution in [1.82, 2.24) is 4.98 Å². The normalized spacial score (nSPS) is 11.5. The van der Waals surface area contributed by atoms with Gasteiger partial charge in [0.25, 0.3) is 0 Å². The van der Waals surface area contributed by atoms with E-state index >= 15 is 0 Å². The highest BCUT2D eigenvalue weighted by atomic mass is 127. The number of hydrogen-bond donors (Lipinski definition) is 0. The van der Waals surface area contributed by atoms with E-state index in [-0.39, 0.29) is 5.56 Å². The molecule has 8 heteroatoms. The SMILES string of the molecule is O=C(c1cc(Br)ccc1I)c1ccc(C(F)(F)F)nc1Cl. The minimum atomic E-state index is -4.60. The van der Waals surface area contributed by atoms with E-state index < -0.39 is 22.8 Å². The Kier molecular flexibility index (Phi) is 4.94. The van der Waals surface area contributed by atoms with Crippen LogP contribution in [0.15, 0.2) is 34.8 Å².